The molecule has 1 rings (SSSR count). The molecule has 0 saturated carbocycles. The van der Waals surface area contributed by atoms with Gasteiger partial charge in [-0.25, -0.2) is 0 Å². The fourth-order valence-corrected chi connectivity index (χ4v) is 2.17. The van der Waals surface area contributed by atoms with Gasteiger partial charge < -0.3 is 10.5 Å². The lowest BCUT2D eigenvalue weighted by Crippen LogP contribution is -2.19. The minimum absolute atomic E-state index is 0.223. The molecular formula is C14H21NO2. The van der Waals surface area contributed by atoms with Crippen molar-refractivity contribution in [1.82, 2.24) is 0 Å². The van der Waals surface area contributed by atoms with Crippen LogP contribution in [0.4, 0.5) is 0 Å². The van der Waals surface area contributed by atoms with Gasteiger partial charge in [-0.3, -0.25) is 4.79 Å². The number of methoxy groups -OCH3 is 1. The zero-order valence-corrected chi connectivity index (χ0v) is 11.3. The molecule has 0 radical (unpaired) electrons. The van der Waals surface area contributed by atoms with Crippen LogP contribution in [0.25, 0.3) is 0 Å². The van der Waals surface area contributed by atoms with Crippen molar-refractivity contribution in [2.24, 2.45) is 5.73 Å². The van der Waals surface area contributed by atoms with Gasteiger partial charge in [0.15, 0.2) is 0 Å². The highest BCUT2D eigenvalue weighted by Gasteiger charge is 2.18. The summed E-state index contributed by atoms with van der Waals surface area (Å²) in [5, 5.41) is 0. The number of carbonyl (C=O) groups is 1. The van der Waals surface area contributed by atoms with Crippen LogP contribution in [-0.4, -0.2) is 13.1 Å². The van der Waals surface area contributed by atoms with Crippen molar-refractivity contribution in [2.45, 2.75) is 40.2 Å². The van der Waals surface area contributed by atoms with Crippen LogP contribution in [0.3, 0.4) is 0 Å². The summed E-state index contributed by atoms with van der Waals surface area (Å²) >= 11 is 0. The zero-order chi connectivity index (χ0) is 13.2. The summed E-state index contributed by atoms with van der Waals surface area (Å²) in [5.74, 6) is -0.268. The van der Waals surface area contributed by atoms with Crippen molar-refractivity contribution in [2.75, 3.05) is 7.11 Å². The Kier molecular flexibility index (Phi) is 4.29. The van der Waals surface area contributed by atoms with E-state index in [0.29, 0.717) is 0 Å². The Morgan fingerprint density at radius 2 is 1.71 bits per heavy atom. The highest BCUT2D eigenvalue weighted by Crippen LogP contribution is 2.27. The van der Waals surface area contributed by atoms with Crippen LogP contribution in [0.15, 0.2) is 6.07 Å². The Labute approximate surface area is 103 Å². The average molecular weight is 235 g/mol. The van der Waals surface area contributed by atoms with Crippen molar-refractivity contribution >= 4 is 5.97 Å². The monoisotopic (exact) mass is 235 g/mol. The van der Waals surface area contributed by atoms with Crippen LogP contribution in [-0.2, 0) is 9.53 Å². The van der Waals surface area contributed by atoms with Crippen molar-refractivity contribution in [1.29, 1.82) is 0 Å². The number of benzene rings is 1. The van der Waals surface area contributed by atoms with Crippen LogP contribution in [0, 0.1) is 27.7 Å². The SMILES string of the molecule is COC(=O)CC(N)c1c(C)c(C)cc(C)c1C. The molecule has 3 nitrogen and oxygen atoms in total. The van der Waals surface area contributed by atoms with Crippen molar-refractivity contribution in [3.63, 3.8) is 0 Å². The minimum atomic E-state index is -0.291. The average Bonchev–Trinajstić information content (AvgIpc) is 2.26. The normalized spacial score (nSPS) is 12.4. The maximum Gasteiger partial charge on any atom is 0.307 e. The Morgan fingerprint density at radius 1 is 1.24 bits per heavy atom. The van der Waals surface area contributed by atoms with Gasteiger partial charge in [-0.1, -0.05) is 6.07 Å². The Morgan fingerprint density at radius 3 is 2.12 bits per heavy atom. The van der Waals surface area contributed by atoms with Gasteiger partial charge in [0.05, 0.1) is 13.5 Å². The Balaban J connectivity index is 3.16. The van der Waals surface area contributed by atoms with Gasteiger partial charge in [0.25, 0.3) is 0 Å². The van der Waals surface area contributed by atoms with E-state index in [1.165, 1.54) is 29.4 Å². The van der Waals surface area contributed by atoms with Crippen molar-refractivity contribution in [3.8, 4) is 0 Å². The Hall–Kier alpha value is -1.35. The third-order valence-corrected chi connectivity index (χ3v) is 3.41. The number of hydrogen-bond donors (Lipinski definition) is 1. The molecule has 0 aliphatic heterocycles. The summed E-state index contributed by atoms with van der Waals surface area (Å²) in [6.07, 6.45) is 0.223. The lowest BCUT2D eigenvalue weighted by molar-refractivity contribution is -0.141. The molecule has 0 saturated heterocycles. The third kappa shape index (κ3) is 2.86. The molecule has 0 aliphatic carbocycles. The number of ether oxygens (including phenoxy) is 1. The predicted octanol–water partition coefficient (Wildman–Crippen LogP) is 2.48. The summed E-state index contributed by atoms with van der Waals surface area (Å²) < 4.78 is 4.66. The molecule has 1 aromatic carbocycles. The lowest BCUT2D eigenvalue weighted by Gasteiger charge is -2.20. The molecule has 0 bridgehead atoms. The molecule has 1 aromatic rings. The predicted molar refractivity (Wildman–Crippen MR) is 69.0 cm³/mol. The maximum atomic E-state index is 11.3. The fourth-order valence-electron chi connectivity index (χ4n) is 2.17. The first-order valence-electron chi connectivity index (χ1n) is 5.78. The third-order valence-electron chi connectivity index (χ3n) is 3.41. The Bertz CT molecular complexity index is 412. The molecule has 0 amide bonds. The first kappa shape index (κ1) is 13.7. The quantitative estimate of drug-likeness (QED) is 0.819. The molecule has 3 heteroatoms. The minimum Gasteiger partial charge on any atom is -0.469 e. The number of rotatable bonds is 3. The molecule has 0 heterocycles. The smallest absolute Gasteiger partial charge is 0.307 e. The van der Waals surface area contributed by atoms with Crippen LogP contribution in [0.1, 0.15) is 40.3 Å². The highest BCUT2D eigenvalue weighted by molar-refractivity contribution is 5.70. The van der Waals surface area contributed by atoms with E-state index in [9.17, 15) is 4.79 Å². The molecule has 1 atom stereocenters. The highest BCUT2D eigenvalue weighted by atomic mass is 16.5. The number of aryl methyl sites for hydroxylation is 2. The van der Waals surface area contributed by atoms with Crippen LogP contribution in [0.5, 0.6) is 0 Å². The van der Waals surface area contributed by atoms with Gasteiger partial charge in [-0.2, -0.15) is 0 Å². The zero-order valence-electron chi connectivity index (χ0n) is 11.3. The van der Waals surface area contributed by atoms with E-state index >= 15 is 0 Å². The van der Waals surface area contributed by atoms with E-state index in [2.05, 4.69) is 24.7 Å². The van der Waals surface area contributed by atoms with E-state index in [1.54, 1.807) is 0 Å². The van der Waals surface area contributed by atoms with E-state index in [4.69, 9.17) is 5.73 Å². The van der Waals surface area contributed by atoms with Crippen molar-refractivity contribution < 1.29 is 9.53 Å². The molecule has 0 aliphatic rings. The second-order valence-electron chi connectivity index (χ2n) is 4.56. The largest absolute Gasteiger partial charge is 0.469 e. The van der Waals surface area contributed by atoms with Gasteiger partial charge >= 0.3 is 5.97 Å². The van der Waals surface area contributed by atoms with Gasteiger partial charge in [-0.15, -0.1) is 0 Å². The van der Waals surface area contributed by atoms with Gasteiger partial charge in [-0.05, 0) is 55.5 Å². The van der Waals surface area contributed by atoms with E-state index in [-0.39, 0.29) is 18.4 Å². The van der Waals surface area contributed by atoms with Gasteiger partial charge in [0, 0.05) is 6.04 Å². The molecule has 0 fully saturated rings. The van der Waals surface area contributed by atoms with Crippen LogP contribution >= 0.6 is 0 Å². The molecule has 1 unspecified atom stereocenters. The van der Waals surface area contributed by atoms with E-state index in [0.717, 1.165) is 5.56 Å². The lowest BCUT2D eigenvalue weighted by atomic mass is 9.89. The molecule has 2 N–H and O–H groups in total. The fraction of sp³-hybridized carbons (Fsp3) is 0.500. The standard InChI is InChI=1S/C14H21NO2/c1-8-6-9(2)11(4)14(10(8)3)12(15)7-13(16)17-5/h6,12H,7,15H2,1-5H3. The first-order valence-corrected chi connectivity index (χ1v) is 5.78. The molecule has 94 valence electrons. The van der Waals surface area contributed by atoms with E-state index < -0.39 is 0 Å². The van der Waals surface area contributed by atoms with Crippen LogP contribution < -0.4 is 5.73 Å². The molecule has 17 heavy (non-hydrogen) atoms. The molecule has 0 aromatic heterocycles. The number of hydrogen-bond acceptors (Lipinski definition) is 3. The van der Waals surface area contributed by atoms with Gasteiger partial charge in [0.2, 0.25) is 0 Å². The number of nitrogens with two attached hydrogens (primary N) is 1. The number of esters is 1. The first-order chi connectivity index (χ1) is 7.88. The maximum absolute atomic E-state index is 11.3. The van der Waals surface area contributed by atoms with Gasteiger partial charge in [0.1, 0.15) is 0 Å². The summed E-state index contributed by atoms with van der Waals surface area (Å²) in [4.78, 5) is 11.3. The summed E-state index contributed by atoms with van der Waals surface area (Å²) in [6.45, 7) is 8.23. The summed E-state index contributed by atoms with van der Waals surface area (Å²) in [7, 11) is 1.39. The number of carbonyl (C=O) groups excluding carboxylic acids is 1. The second kappa shape index (κ2) is 5.32. The van der Waals surface area contributed by atoms with Crippen molar-refractivity contribution in [3.05, 3.63) is 33.9 Å². The molecule has 0 spiro atoms. The summed E-state index contributed by atoms with van der Waals surface area (Å²) in [6, 6.07) is 1.86. The second-order valence-corrected chi connectivity index (χ2v) is 4.56. The molecular weight excluding hydrogens is 214 g/mol. The topological polar surface area (TPSA) is 52.3 Å². The summed E-state index contributed by atoms with van der Waals surface area (Å²) in [5.41, 5.74) is 12.0. The van der Waals surface area contributed by atoms with Crippen LogP contribution in [0.2, 0.25) is 0 Å². The van der Waals surface area contributed by atoms with E-state index in [1.807, 2.05) is 13.8 Å².